The lowest BCUT2D eigenvalue weighted by Gasteiger charge is -1.98. The second-order valence-corrected chi connectivity index (χ2v) is 4.20. The molecule has 4 heteroatoms. The van der Waals surface area contributed by atoms with Crippen molar-refractivity contribution in [3.8, 4) is 0 Å². The van der Waals surface area contributed by atoms with Crippen LogP contribution in [0, 0.1) is 0 Å². The number of epoxide rings is 1. The molecule has 92 valence electrons. The molecule has 2 atom stereocenters. The van der Waals surface area contributed by atoms with Crippen molar-refractivity contribution in [2.24, 2.45) is 0 Å². The Hall–Kier alpha value is -1.42. The number of hydrogen-bond acceptors (Lipinski definition) is 4. The predicted molar refractivity (Wildman–Crippen MR) is 62.3 cm³/mol. The molecule has 1 saturated heterocycles. The van der Waals surface area contributed by atoms with Gasteiger partial charge in [-0.25, -0.2) is 0 Å². The fourth-order valence-corrected chi connectivity index (χ4v) is 1.92. The number of unbranched alkanes of at least 4 members (excludes halogenated alkanes) is 1. The minimum Gasteiger partial charge on any atom is -0.469 e. The summed E-state index contributed by atoms with van der Waals surface area (Å²) in [5.74, 6) is -0.134. The van der Waals surface area contributed by atoms with Crippen LogP contribution < -0.4 is 0 Å². The molecule has 2 heterocycles. The van der Waals surface area contributed by atoms with Crippen molar-refractivity contribution in [1.29, 1.82) is 0 Å². The van der Waals surface area contributed by atoms with E-state index in [2.05, 4.69) is 9.72 Å². The van der Waals surface area contributed by atoms with E-state index in [9.17, 15) is 4.79 Å². The highest BCUT2D eigenvalue weighted by molar-refractivity contribution is 5.68. The van der Waals surface area contributed by atoms with Crippen molar-refractivity contribution in [2.45, 2.75) is 37.9 Å². The minimum absolute atomic E-state index is 0.134. The third-order valence-electron chi connectivity index (χ3n) is 2.94. The molecule has 0 bridgehead atoms. The van der Waals surface area contributed by atoms with Crippen molar-refractivity contribution >= 4 is 5.97 Å². The summed E-state index contributed by atoms with van der Waals surface area (Å²) in [5.41, 5.74) is 1.14. The number of carbonyl (C=O) groups is 1. The summed E-state index contributed by atoms with van der Waals surface area (Å²) < 4.78 is 10.2. The predicted octanol–water partition coefficient (Wildman–Crippen LogP) is 2.25. The molecule has 1 aromatic rings. The Bertz CT molecular complexity index is 366. The summed E-state index contributed by atoms with van der Waals surface area (Å²) in [4.78, 5) is 15.0. The Balaban J connectivity index is 1.62. The molecule has 0 amide bonds. The van der Waals surface area contributed by atoms with Gasteiger partial charge in [0.1, 0.15) is 6.10 Å². The third-order valence-corrected chi connectivity index (χ3v) is 2.94. The Morgan fingerprint density at radius 2 is 2.41 bits per heavy atom. The van der Waals surface area contributed by atoms with Crippen LogP contribution in [0.15, 0.2) is 24.5 Å². The first-order valence-corrected chi connectivity index (χ1v) is 5.93. The van der Waals surface area contributed by atoms with Gasteiger partial charge in [0, 0.05) is 24.4 Å². The van der Waals surface area contributed by atoms with Crippen molar-refractivity contribution in [1.82, 2.24) is 4.98 Å². The van der Waals surface area contributed by atoms with Gasteiger partial charge in [-0.15, -0.1) is 0 Å². The fourth-order valence-electron chi connectivity index (χ4n) is 1.92. The van der Waals surface area contributed by atoms with Gasteiger partial charge < -0.3 is 9.47 Å². The van der Waals surface area contributed by atoms with Gasteiger partial charge in [-0.05, 0) is 18.9 Å². The van der Waals surface area contributed by atoms with Gasteiger partial charge in [-0.2, -0.15) is 0 Å². The van der Waals surface area contributed by atoms with Crippen molar-refractivity contribution in [3.63, 3.8) is 0 Å². The number of hydrogen-bond donors (Lipinski definition) is 0. The number of esters is 1. The van der Waals surface area contributed by atoms with Crippen molar-refractivity contribution < 1.29 is 14.3 Å². The summed E-state index contributed by atoms with van der Waals surface area (Å²) in [6.45, 7) is 0. The zero-order valence-electron chi connectivity index (χ0n) is 9.96. The maximum absolute atomic E-state index is 10.9. The second-order valence-electron chi connectivity index (χ2n) is 4.20. The number of nitrogens with zero attached hydrogens (tertiary/aromatic N) is 1. The van der Waals surface area contributed by atoms with Gasteiger partial charge in [0.2, 0.25) is 0 Å². The first-order chi connectivity index (χ1) is 8.31. The molecule has 0 N–H and O–H groups in total. The van der Waals surface area contributed by atoms with E-state index in [-0.39, 0.29) is 12.1 Å². The average molecular weight is 235 g/mol. The standard InChI is InChI=1S/C13H17NO3/c1-16-12(15)7-3-2-6-11-13(17-11)10-5-4-8-14-9-10/h4-5,8-9,11,13H,2-3,6-7H2,1H3/t11-,13+/m1/s1. The monoisotopic (exact) mass is 235 g/mol. The Morgan fingerprint density at radius 1 is 1.53 bits per heavy atom. The third kappa shape index (κ3) is 3.53. The zero-order valence-corrected chi connectivity index (χ0v) is 9.96. The quantitative estimate of drug-likeness (QED) is 0.431. The molecule has 17 heavy (non-hydrogen) atoms. The van der Waals surface area contributed by atoms with E-state index >= 15 is 0 Å². The number of methoxy groups -OCH3 is 1. The normalized spacial score (nSPS) is 22.2. The molecule has 1 aliphatic rings. The lowest BCUT2D eigenvalue weighted by atomic mass is 10.1. The van der Waals surface area contributed by atoms with E-state index in [1.54, 1.807) is 6.20 Å². The molecule has 0 radical (unpaired) electrons. The number of ether oxygens (including phenoxy) is 2. The lowest BCUT2D eigenvalue weighted by molar-refractivity contribution is -0.140. The van der Waals surface area contributed by atoms with Crippen LogP contribution >= 0.6 is 0 Å². The Labute approximate surface area is 101 Å². The zero-order chi connectivity index (χ0) is 12.1. The Morgan fingerprint density at radius 3 is 3.12 bits per heavy atom. The van der Waals surface area contributed by atoms with E-state index in [0.29, 0.717) is 12.5 Å². The maximum Gasteiger partial charge on any atom is 0.305 e. The van der Waals surface area contributed by atoms with Crippen LogP contribution in [0.2, 0.25) is 0 Å². The van der Waals surface area contributed by atoms with Crippen LogP contribution in [0.4, 0.5) is 0 Å². The van der Waals surface area contributed by atoms with Gasteiger partial charge in [0.05, 0.1) is 13.2 Å². The van der Waals surface area contributed by atoms with Crippen LogP contribution in [0.1, 0.15) is 37.4 Å². The highest BCUT2D eigenvalue weighted by Gasteiger charge is 2.39. The first kappa shape index (κ1) is 12.0. The fraction of sp³-hybridized carbons (Fsp3) is 0.538. The van der Waals surface area contributed by atoms with Crippen LogP contribution in [0.25, 0.3) is 0 Å². The number of aromatic nitrogens is 1. The van der Waals surface area contributed by atoms with Crippen LogP contribution in [0.5, 0.6) is 0 Å². The summed E-state index contributed by atoms with van der Waals surface area (Å²) in [6.07, 6.45) is 7.48. The topological polar surface area (TPSA) is 51.7 Å². The van der Waals surface area contributed by atoms with Crippen molar-refractivity contribution in [3.05, 3.63) is 30.1 Å². The molecule has 0 unspecified atom stereocenters. The average Bonchev–Trinajstić information content (AvgIpc) is 3.15. The summed E-state index contributed by atoms with van der Waals surface area (Å²) in [5, 5.41) is 0. The summed E-state index contributed by atoms with van der Waals surface area (Å²) in [7, 11) is 1.42. The van der Waals surface area contributed by atoms with Gasteiger partial charge in [0.15, 0.2) is 0 Å². The molecule has 4 nitrogen and oxygen atoms in total. The van der Waals surface area contributed by atoms with E-state index in [1.807, 2.05) is 18.3 Å². The van der Waals surface area contributed by atoms with Gasteiger partial charge in [-0.3, -0.25) is 9.78 Å². The molecule has 0 spiro atoms. The number of pyridine rings is 1. The van der Waals surface area contributed by atoms with E-state index in [0.717, 1.165) is 24.8 Å². The lowest BCUT2D eigenvalue weighted by Crippen LogP contribution is -1.99. The van der Waals surface area contributed by atoms with Gasteiger partial charge in [0.25, 0.3) is 0 Å². The summed E-state index contributed by atoms with van der Waals surface area (Å²) in [6, 6.07) is 3.96. The number of rotatable bonds is 6. The molecule has 1 fully saturated rings. The SMILES string of the molecule is COC(=O)CCCC[C@H]1O[C@H]1c1cccnc1. The molecular weight excluding hydrogens is 218 g/mol. The molecule has 1 aromatic heterocycles. The van der Waals surface area contributed by atoms with Crippen LogP contribution in [-0.2, 0) is 14.3 Å². The molecule has 0 saturated carbocycles. The Kier molecular flexibility index (Phi) is 4.09. The highest BCUT2D eigenvalue weighted by Crippen LogP contribution is 2.41. The molecule has 0 aliphatic carbocycles. The molecule has 2 rings (SSSR count). The van der Waals surface area contributed by atoms with Crippen LogP contribution in [-0.4, -0.2) is 24.2 Å². The van der Waals surface area contributed by atoms with Crippen LogP contribution in [0.3, 0.4) is 0 Å². The van der Waals surface area contributed by atoms with Crippen molar-refractivity contribution in [2.75, 3.05) is 7.11 Å². The molecule has 1 aliphatic heterocycles. The van der Waals surface area contributed by atoms with E-state index < -0.39 is 0 Å². The van der Waals surface area contributed by atoms with Gasteiger partial charge >= 0.3 is 5.97 Å². The number of carbonyl (C=O) groups excluding carboxylic acids is 1. The van der Waals surface area contributed by atoms with E-state index in [4.69, 9.17) is 4.74 Å². The summed E-state index contributed by atoms with van der Waals surface area (Å²) >= 11 is 0. The smallest absolute Gasteiger partial charge is 0.305 e. The van der Waals surface area contributed by atoms with Gasteiger partial charge in [-0.1, -0.05) is 12.5 Å². The second kappa shape index (κ2) is 5.77. The molecule has 0 aromatic carbocycles. The maximum atomic E-state index is 10.9. The van der Waals surface area contributed by atoms with E-state index in [1.165, 1.54) is 7.11 Å². The minimum atomic E-state index is -0.134. The largest absolute Gasteiger partial charge is 0.469 e. The highest BCUT2D eigenvalue weighted by atomic mass is 16.6. The first-order valence-electron chi connectivity index (χ1n) is 5.93. The molecular formula is C13H17NO3.